The van der Waals surface area contributed by atoms with Crippen molar-refractivity contribution in [3.63, 3.8) is 0 Å². The van der Waals surface area contributed by atoms with E-state index in [-0.39, 0.29) is 12.4 Å². The van der Waals surface area contributed by atoms with Crippen molar-refractivity contribution in [2.24, 2.45) is 0 Å². The summed E-state index contributed by atoms with van der Waals surface area (Å²) < 4.78 is 0. The Labute approximate surface area is 47.4 Å². The Morgan fingerprint density at radius 3 is 1.29 bits per heavy atom. The molecule has 6 heteroatoms. The summed E-state index contributed by atoms with van der Waals surface area (Å²) in [6.07, 6.45) is -0.951. The predicted octanol–water partition coefficient (Wildman–Crippen LogP) is -4.32. The highest BCUT2D eigenvalue weighted by atomic mass is 35.5. The Hall–Kier alpha value is 0.560. The highest BCUT2D eigenvalue weighted by molar-refractivity contribution is 7.58. The van der Waals surface area contributed by atoms with Crippen LogP contribution >= 0.6 is 7.94 Å². The van der Waals surface area contributed by atoms with E-state index in [0.29, 0.717) is 0 Å². The molecular weight excluding hydrogens is 142 g/mol. The van der Waals surface area contributed by atoms with Gasteiger partial charge in [-0.2, -0.15) is 14.7 Å². The molecule has 0 unspecified atom stereocenters. The van der Waals surface area contributed by atoms with Gasteiger partial charge in [-0.05, 0) is 0 Å². The van der Waals surface area contributed by atoms with Crippen molar-refractivity contribution >= 4 is 7.94 Å². The van der Waals surface area contributed by atoms with Crippen LogP contribution in [-0.4, -0.2) is 26.1 Å². The number of rotatable bonds is 1. The molecule has 0 aromatic carbocycles. The van der Waals surface area contributed by atoms with Crippen molar-refractivity contribution in [2.75, 3.05) is 6.35 Å². The second-order valence-electron chi connectivity index (χ2n) is 0.834. The Bertz CT molecular complexity index is 41.4. The molecule has 4 nitrogen and oxygen atoms in total. The lowest BCUT2D eigenvalue weighted by molar-refractivity contribution is -0.00000722. The molecule has 0 saturated carbocycles. The van der Waals surface area contributed by atoms with Crippen LogP contribution in [0.4, 0.5) is 0 Å². The minimum absolute atomic E-state index is 0. The first-order valence-electron chi connectivity index (χ1n) is 1.23. The molecule has 0 amide bonds. The van der Waals surface area contributed by atoms with Gasteiger partial charge in [0.2, 0.25) is 6.35 Å². The molecule has 0 saturated heterocycles. The summed E-state index contributed by atoms with van der Waals surface area (Å²) in [4.78, 5) is 23.4. The number of hydrogen-bond acceptors (Lipinski definition) is 4. The zero-order valence-corrected chi connectivity index (χ0v) is 4.97. The molecule has 0 aliphatic heterocycles. The standard InChI is InChI=1S/CH6O4P.ClH/c2-1-6(3,4)5;/h2-5H,1H2;1H/q+1;/p-1. The van der Waals surface area contributed by atoms with Gasteiger partial charge in [0.15, 0.2) is 0 Å². The van der Waals surface area contributed by atoms with Crippen molar-refractivity contribution in [3.05, 3.63) is 0 Å². The second-order valence-corrected chi connectivity index (χ2v) is 2.50. The lowest BCUT2D eigenvalue weighted by atomic mass is 11.7. The Morgan fingerprint density at radius 1 is 1.14 bits per heavy atom. The highest BCUT2D eigenvalue weighted by Crippen LogP contribution is 2.42. The van der Waals surface area contributed by atoms with E-state index in [4.69, 9.17) is 19.8 Å². The van der Waals surface area contributed by atoms with E-state index in [9.17, 15) is 0 Å². The number of halogens is 1. The van der Waals surface area contributed by atoms with Crippen LogP contribution in [0, 0.1) is 0 Å². The lowest BCUT2D eigenvalue weighted by Gasteiger charge is -1.94. The van der Waals surface area contributed by atoms with Crippen molar-refractivity contribution in [1.82, 2.24) is 0 Å². The third-order valence-corrected chi connectivity index (χ3v) is 0.569. The van der Waals surface area contributed by atoms with E-state index in [0.717, 1.165) is 0 Å². The van der Waals surface area contributed by atoms with Crippen molar-refractivity contribution < 1.29 is 32.2 Å². The maximum atomic E-state index is 7.80. The van der Waals surface area contributed by atoms with Crippen molar-refractivity contribution in [2.45, 2.75) is 0 Å². The molecule has 0 fully saturated rings. The van der Waals surface area contributed by atoms with Gasteiger partial charge in [-0.1, -0.05) is 0 Å². The molecule has 7 heavy (non-hydrogen) atoms. The van der Waals surface area contributed by atoms with Crippen LogP contribution in [0.1, 0.15) is 0 Å². The molecule has 0 aliphatic carbocycles. The average Bonchev–Trinajstić information content (AvgIpc) is 1.35. The summed E-state index contributed by atoms with van der Waals surface area (Å²) in [5.41, 5.74) is 0. The molecule has 0 radical (unpaired) electrons. The van der Waals surface area contributed by atoms with E-state index in [2.05, 4.69) is 0 Å². The summed E-state index contributed by atoms with van der Waals surface area (Å²) in [7, 11) is -3.84. The molecule has 0 spiro atoms. The van der Waals surface area contributed by atoms with Gasteiger partial charge < -0.3 is 17.5 Å². The first kappa shape index (κ1) is 10.5. The second kappa shape index (κ2) is 3.55. The Balaban J connectivity index is 0. The average molecular weight is 148 g/mol. The van der Waals surface area contributed by atoms with E-state index in [1.54, 1.807) is 0 Å². The van der Waals surface area contributed by atoms with Crippen LogP contribution in [0.5, 0.6) is 0 Å². The molecule has 46 valence electrons. The van der Waals surface area contributed by atoms with Gasteiger partial charge in [0.05, 0.1) is 0 Å². The van der Waals surface area contributed by atoms with Gasteiger partial charge in [0.25, 0.3) is 0 Å². The van der Waals surface area contributed by atoms with Crippen molar-refractivity contribution in [3.8, 4) is 0 Å². The number of aliphatic hydroxyl groups excluding tert-OH is 1. The van der Waals surface area contributed by atoms with Crippen LogP contribution in [0.15, 0.2) is 0 Å². The third-order valence-electron chi connectivity index (χ3n) is 0.190. The Kier molecular flexibility index (Phi) is 5.33. The largest absolute Gasteiger partial charge is 1.00 e. The maximum Gasteiger partial charge on any atom is 0.431 e. The van der Waals surface area contributed by atoms with Crippen LogP contribution < -0.4 is 12.4 Å². The summed E-state index contributed by atoms with van der Waals surface area (Å²) in [6.45, 7) is 0. The van der Waals surface area contributed by atoms with E-state index < -0.39 is 14.3 Å². The van der Waals surface area contributed by atoms with Gasteiger partial charge >= 0.3 is 7.94 Å². The SMILES string of the molecule is OC[P+](O)(O)O.[Cl-]. The first-order chi connectivity index (χ1) is 2.56. The highest BCUT2D eigenvalue weighted by Gasteiger charge is 2.26. The summed E-state index contributed by atoms with van der Waals surface area (Å²) in [5, 5.41) is 7.70. The van der Waals surface area contributed by atoms with E-state index in [1.165, 1.54) is 0 Å². The fraction of sp³-hybridized carbons (Fsp3) is 1.00. The van der Waals surface area contributed by atoms with Crippen LogP contribution in [0.3, 0.4) is 0 Å². The molecule has 0 aromatic heterocycles. The molecule has 0 rings (SSSR count). The summed E-state index contributed by atoms with van der Waals surface area (Å²) >= 11 is 0. The van der Waals surface area contributed by atoms with Crippen LogP contribution in [-0.2, 0) is 0 Å². The summed E-state index contributed by atoms with van der Waals surface area (Å²) in [5.74, 6) is 0. The van der Waals surface area contributed by atoms with Gasteiger partial charge in [-0.25, -0.2) is 0 Å². The normalized spacial score (nSPS) is 10.3. The first-order valence-corrected chi connectivity index (χ1v) is 3.06. The predicted molar refractivity (Wildman–Crippen MR) is 20.7 cm³/mol. The fourth-order valence-corrected chi connectivity index (χ4v) is 0. The third kappa shape index (κ3) is 10.8. The van der Waals surface area contributed by atoms with Crippen LogP contribution in [0.25, 0.3) is 0 Å². The quantitative estimate of drug-likeness (QED) is 0.284. The van der Waals surface area contributed by atoms with Gasteiger partial charge in [0, 0.05) is 0 Å². The maximum absolute atomic E-state index is 7.80. The van der Waals surface area contributed by atoms with Crippen molar-refractivity contribution in [1.29, 1.82) is 0 Å². The molecule has 0 heterocycles. The molecule has 0 aromatic rings. The zero-order valence-electron chi connectivity index (χ0n) is 3.32. The fourth-order valence-electron chi connectivity index (χ4n) is 0. The molecule has 4 N–H and O–H groups in total. The molecular formula is CH6ClO4P. The molecule has 0 bridgehead atoms. The minimum atomic E-state index is -3.84. The topological polar surface area (TPSA) is 80.9 Å². The number of aliphatic hydroxyl groups is 1. The van der Waals surface area contributed by atoms with E-state index >= 15 is 0 Å². The Morgan fingerprint density at radius 2 is 1.29 bits per heavy atom. The van der Waals surface area contributed by atoms with Gasteiger partial charge in [-0.3, -0.25) is 0 Å². The lowest BCUT2D eigenvalue weighted by Crippen LogP contribution is -3.00. The smallest absolute Gasteiger partial charge is 0.431 e. The molecule has 0 aliphatic rings. The number of hydrogen-bond donors (Lipinski definition) is 4. The van der Waals surface area contributed by atoms with E-state index in [1.807, 2.05) is 0 Å². The van der Waals surface area contributed by atoms with Crippen LogP contribution in [0.2, 0.25) is 0 Å². The van der Waals surface area contributed by atoms with Gasteiger partial charge in [-0.15, -0.1) is 0 Å². The molecule has 0 atom stereocenters. The van der Waals surface area contributed by atoms with Gasteiger partial charge in [0.1, 0.15) is 0 Å². The zero-order chi connectivity index (χ0) is 5.21. The summed E-state index contributed by atoms with van der Waals surface area (Å²) in [6, 6.07) is 0. The minimum Gasteiger partial charge on any atom is -1.00 e. The monoisotopic (exact) mass is 148 g/mol.